The molecule has 2 aromatic rings. The molecule has 2 bridgehead atoms. The van der Waals surface area contributed by atoms with Gasteiger partial charge in [0.25, 0.3) is 0 Å². The van der Waals surface area contributed by atoms with E-state index in [2.05, 4.69) is 48.5 Å². The van der Waals surface area contributed by atoms with Crippen LogP contribution in [0.1, 0.15) is 23.6 Å². The maximum atomic E-state index is 13.3. The van der Waals surface area contributed by atoms with Gasteiger partial charge in [-0.25, -0.2) is 0 Å². The van der Waals surface area contributed by atoms with Crippen LogP contribution in [-0.2, 0) is 9.59 Å². The van der Waals surface area contributed by atoms with Gasteiger partial charge in [-0.2, -0.15) is 0 Å². The Labute approximate surface area is 183 Å². The molecule has 2 aliphatic carbocycles. The molecule has 1 aliphatic heterocycles. The predicted octanol–water partition coefficient (Wildman–Crippen LogP) is 0.691. The Balaban J connectivity index is 1.32. The van der Waals surface area contributed by atoms with Gasteiger partial charge in [0, 0.05) is 23.0 Å². The smallest absolute Gasteiger partial charge is 0.227 e. The number of hydrogen-bond donors (Lipinski definition) is 1. The minimum Gasteiger partial charge on any atom is -0.550 e. The number of quaternary nitrogens is 1. The Hall–Kier alpha value is -2.92. The molecule has 0 spiro atoms. The van der Waals surface area contributed by atoms with Crippen LogP contribution in [0, 0.1) is 23.7 Å². The summed E-state index contributed by atoms with van der Waals surface area (Å²) < 4.78 is 0. The van der Waals surface area contributed by atoms with Crippen LogP contribution in [0.2, 0.25) is 0 Å². The van der Waals surface area contributed by atoms with Crippen LogP contribution < -0.4 is 10.0 Å². The number of aliphatic carboxylic acids is 1. The van der Waals surface area contributed by atoms with E-state index in [1.54, 1.807) is 0 Å². The third-order valence-electron chi connectivity index (χ3n) is 7.41. The molecule has 1 saturated carbocycles. The van der Waals surface area contributed by atoms with Gasteiger partial charge in [-0.3, -0.25) is 4.79 Å². The largest absolute Gasteiger partial charge is 0.550 e. The number of carboxylic acids is 1. The van der Waals surface area contributed by atoms with Crippen molar-refractivity contribution in [3.05, 3.63) is 83.9 Å². The quantitative estimate of drug-likeness (QED) is 0.730. The topological polar surface area (TPSA) is 64.9 Å². The van der Waals surface area contributed by atoms with Crippen molar-refractivity contribution in [2.45, 2.75) is 12.5 Å². The second-order valence-corrected chi connectivity index (χ2v) is 9.06. The number of benzene rings is 2. The maximum absolute atomic E-state index is 13.3. The lowest BCUT2D eigenvalue weighted by Gasteiger charge is -2.39. The first-order chi connectivity index (χ1) is 15.1. The third-order valence-corrected chi connectivity index (χ3v) is 7.41. The van der Waals surface area contributed by atoms with E-state index >= 15 is 0 Å². The number of amides is 1. The maximum Gasteiger partial charge on any atom is 0.227 e. The molecule has 1 saturated heterocycles. The monoisotopic (exact) mass is 416 g/mol. The van der Waals surface area contributed by atoms with E-state index in [1.807, 2.05) is 29.2 Å². The average molecular weight is 417 g/mol. The molecule has 1 amide bonds. The molecule has 0 radical (unpaired) electrons. The molecule has 5 rings (SSSR count). The first-order valence-corrected chi connectivity index (χ1v) is 11.3. The Morgan fingerprint density at radius 2 is 1.35 bits per heavy atom. The van der Waals surface area contributed by atoms with Crippen molar-refractivity contribution in [2.75, 3.05) is 26.2 Å². The minimum atomic E-state index is -1.08. The second kappa shape index (κ2) is 8.31. The van der Waals surface area contributed by atoms with Crippen LogP contribution in [-0.4, -0.2) is 43.0 Å². The summed E-state index contributed by atoms with van der Waals surface area (Å²) in [5.74, 6) is -2.20. The van der Waals surface area contributed by atoms with E-state index in [4.69, 9.17) is 0 Å². The highest BCUT2D eigenvalue weighted by Crippen LogP contribution is 2.48. The van der Waals surface area contributed by atoms with Gasteiger partial charge >= 0.3 is 0 Å². The fourth-order valence-corrected chi connectivity index (χ4v) is 5.95. The van der Waals surface area contributed by atoms with Gasteiger partial charge in [-0.15, -0.1) is 0 Å². The van der Waals surface area contributed by atoms with E-state index in [0.29, 0.717) is 13.1 Å². The lowest BCUT2D eigenvalue weighted by Crippen LogP contribution is -3.15. The molecular formula is C26H28N2O3. The summed E-state index contributed by atoms with van der Waals surface area (Å²) in [6.45, 7) is 2.99. The summed E-state index contributed by atoms with van der Waals surface area (Å²) in [5, 5.41) is 11.7. The number of nitrogens with one attached hydrogen (secondary N) is 1. The van der Waals surface area contributed by atoms with Crippen LogP contribution >= 0.6 is 0 Å². The lowest BCUT2D eigenvalue weighted by atomic mass is 9.82. The minimum absolute atomic E-state index is 0.000993. The first-order valence-electron chi connectivity index (χ1n) is 11.3. The Kier molecular flexibility index (Phi) is 5.36. The van der Waals surface area contributed by atoms with Gasteiger partial charge in [0.2, 0.25) is 5.91 Å². The Morgan fingerprint density at radius 1 is 0.839 bits per heavy atom. The van der Waals surface area contributed by atoms with Gasteiger partial charge in [0.05, 0.1) is 32.1 Å². The lowest BCUT2D eigenvalue weighted by molar-refractivity contribution is -0.929. The molecular weight excluding hydrogens is 388 g/mol. The van der Waals surface area contributed by atoms with Gasteiger partial charge in [-0.05, 0) is 18.3 Å². The number of nitrogens with zero attached hydrogens (tertiary/aromatic N) is 1. The number of carbonyl (C=O) groups excluding carboxylic acids is 2. The van der Waals surface area contributed by atoms with Crippen molar-refractivity contribution in [3.8, 4) is 0 Å². The van der Waals surface area contributed by atoms with Gasteiger partial charge < -0.3 is 19.7 Å². The summed E-state index contributed by atoms with van der Waals surface area (Å²) in [5.41, 5.74) is 2.55. The second-order valence-electron chi connectivity index (χ2n) is 9.06. The van der Waals surface area contributed by atoms with Crippen molar-refractivity contribution < 1.29 is 19.6 Å². The summed E-state index contributed by atoms with van der Waals surface area (Å²) in [4.78, 5) is 28.4. The zero-order chi connectivity index (χ0) is 21.4. The normalized spacial score (nSPS) is 27.7. The van der Waals surface area contributed by atoms with E-state index in [-0.39, 0.29) is 23.8 Å². The van der Waals surface area contributed by atoms with Crippen molar-refractivity contribution >= 4 is 11.9 Å². The molecule has 0 aromatic heterocycles. The SMILES string of the molecule is O=C([O-])C1C2C=CC(C2)C1C(=O)N1CC[NH+](C(c2ccccc2)c2ccccc2)CC1. The van der Waals surface area contributed by atoms with Crippen LogP contribution in [0.4, 0.5) is 0 Å². The number of fused-ring (bicyclic) bond motifs is 2. The zero-order valence-electron chi connectivity index (χ0n) is 17.5. The number of allylic oxidation sites excluding steroid dienone is 2. The van der Waals surface area contributed by atoms with Crippen LogP contribution in [0.15, 0.2) is 72.8 Å². The standard InChI is InChI=1S/C26H28N2O3/c29-25(22-20-11-12-21(17-20)23(22)26(30)31)28-15-13-27(14-16-28)24(18-7-3-1-4-8-18)19-9-5-2-6-10-19/h1-12,20-24H,13-17H2,(H,30,31). The molecule has 31 heavy (non-hydrogen) atoms. The van der Waals surface area contributed by atoms with Gasteiger partial charge in [0.15, 0.2) is 0 Å². The number of rotatable bonds is 5. The number of piperazine rings is 1. The summed E-state index contributed by atoms with van der Waals surface area (Å²) >= 11 is 0. The molecule has 3 aliphatic rings. The fourth-order valence-electron chi connectivity index (χ4n) is 5.95. The molecule has 5 nitrogen and oxygen atoms in total. The molecule has 1 heterocycles. The number of carbonyl (C=O) groups is 2. The number of hydrogen-bond acceptors (Lipinski definition) is 3. The predicted molar refractivity (Wildman–Crippen MR) is 115 cm³/mol. The van der Waals surface area contributed by atoms with Gasteiger partial charge in [-0.1, -0.05) is 72.8 Å². The Bertz CT molecular complexity index is 927. The van der Waals surface area contributed by atoms with Gasteiger partial charge in [0.1, 0.15) is 6.04 Å². The molecule has 1 N–H and O–H groups in total. The molecule has 4 atom stereocenters. The summed E-state index contributed by atoms with van der Waals surface area (Å²) in [6, 6.07) is 21.3. The highest BCUT2D eigenvalue weighted by Gasteiger charge is 2.50. The van der Waals surface area contributed by atoms with E-state index in [0.717, 1.165) is 19.5 Å². The van der Waals surface area contributed by atoms with E-state index in [9.17, 15) is 14.7 Å². The molecule has 5 heteroatoms. The van der Waals surface area contributed by atoms with Crippen LogP contribution in [0.5, 0.6) is 0 Å². The van der Waals surface area contributed by atoms with E-state index < -0.39 is 17.8 Å². The van der Waals surface area contributed by atoms with Crippen LogP contribution in [0.3, 0.4) is 0 Å². The van der Waals surface area contributed by atoms with Crippen molar-refractivity contribution in [2.24, 2.45) is 23.7 Å². The molecule has 160 valence electrons. The molecule has 2 fully saturated rings. The zero-order valence-corrected chi connectivity index (χ0v) is 17.5. The molecule has 4 unspecified atom stereocenters. The highest BCUT2D eigenvalue weighted by molar-refractivity contribution is 5.86. The van der Waals surface area contributed by atoms with E-state index in [1.165, 1.54) is 16.0 Å². The Morgan fingerprint density at radius 3 is 1.87 bits per heavy atom. The third kappa shape index (κ3) is 3.68. The van der Waals surface area contributed by atoms with Crippen LogP contribution in [0.25, 0.3) is 0 Å². The fraction of sp³-hybridized carbons (Fsp3) is 0.385. The number of carboxylic acid groups (broad SMARTS) is 1. The molecule has 2 aromatic carbocycles. The first kappa shape index (κ1) is 20.0. The average Bonchev–Trinajstić information content (AvgIpc) is 3.43. The highest BCUT2D eigenvalue weighted by atomic mass is 16.4. The summed E-state index contributed by atoms with van der Waals surface area (Å²) in [6.07, 6.45) is 4.76. The van der Waals surface area contributed by atoms with Crippen molar-refractivity contribution in [3.63, 3.8) is 0 Å². The van der Waals surface area contributed by atoms with Crippen molar-refractivity contribution in [1.82, 2.24) is 4.90 Å². The summed E-state index contributed by atoms with van der Waals surface area (Å²) in [7, 11) is 0. The van der Waals surface area contributed by atoms with Crippen molar-refractivity contribution in [1.29, 1.82) is 0 Å².